The zero-order valence-electron chi connectivity index (χ0n) is 20.6. The largest absolute Gasteiger partial charge is 0.420 e. The number of nitrogens with zero attached hydrogens (tertiary/aromatic N) is 6. The van der Waals surface area contributed by atoms with Crippen LogP contribution in [0.1, 0.15) is 29.8 Å². The van der Waals surface area contributed by atoms with Crippen molar-refractivity contribution in [3.05, 3.63) is 53.4 Å². The van der Waals surface area contributed by atoms with Gasteiger partial charge in [0.15, 0.2) is 0 Å². The standard InChI is InChI=1S/C24H29F4N7S/c1-15-30-20(14-35(15)21-6-5-16(11-19(21)25)13-33(2)3)22-18(24(26,27)28)12-29-23(32-22)31-17-7-9-34(36-4)10-8-17/h5-6,11-12,14,17H,7-10,13H2,1-4H3,(H,29,31,32). The molecule has 0 aliphatic carbocycles. The summed E-state index contributed by atoms with van der Waals surface area (Å²) in [7, 11) is 3.77. The lowest BCUT2D eigenvalue weighted by molar-refractivity contribution is -0.137. The topological polar surface area (TPSA) is 62.1 Å². The Morgan fingerprint density at radius 3 is 2.50 bits per heavy atom. The maximum Gasteiger partial charge on any atom is 0.420 e. The number of nitrogens with one attached hydrogen (secondary N) is 1. The fraction of sp³-hybridized carbons (Fsp3) is 0.458. The van der Waals surface area contributed by atoms with E-state index in [4.69, 9.17) is 0 Å². The van der Waals surface area contributed by atoms with Gasteiger partial charge in [-0.25, -0.2) is 19.3 Å². The van der Waals surface area contributed by atoms with E-state index in [0.717, 1.165) is 37.7 Å². The van der Waals surface area contributed by atoms with Gasteiger partial charge in [-0.3, -0.25) is 4.31 Å². The second-order valence-corrected chi connectivity index (χ2v) is 9.93. The molecule has 12 heteroatoms. The van der Waals surface area contributed by atoms with Crippen molar-refractivity contribution in [3.63, 3.8) is 0 Å². The molecule has 0 spiro atoms. The number of benzene rings is 1. The normalized spacial score (nSPS) is 15.6. The van der Waals surface area contributed by atoms with Crippen molar-refractivity contribution < 1.29 is 17.6 Å². The Hall–Kier alpha value is -2.70. The molecule has 1 aliphatic rings. The molecule has 1 aliphatic heterocycles. The van der Waals surface area contributed by atoms with Crippen molar-refractivity contribution in [2.24, 2.45) is 0 Å². The molecule has 0 atom stereocenters. The molecule has 0 unspecified atom stereocenters. The lowest BCUT2D eigenvalue weighted by Gasteiger charge is -2.30. The SMILES string of the molecule is CSN1CCC(Nc2ncc(C(F)(F)F)c(-c3cn(-c4ccc(CN(C)C)cc4F)c(C)n3)n2)CC1. The molecule has 0 bridgehead atoms. The van der Waals surface area contributed by atoms with Crippen LogP contribution < -0.4 is 5.32 Å². The zero-order chi connectivity index (χ0) is 26.0. The van der Waals surface area contributed by atoms with Crippen LogP contribution in [0, 0.1) is 12.7 Å². The molecule has 0 radical (unpaired) electrons. The van der Waals surface area contributed by atoms with Crippen LogP contribution in [0.3, 0.4) is 0 Å². The highest BCUT2D eigenvalue weighted by Gasteiger charge is 2.36. The molecule has 1 aromatic carbocycles. The van der Waals surface area contributed by atoms with Gasteiger partial charge in [-0.1, -0.05) is 18.0 Å². The van der Waals surface area contributed by atoms with E-state index in [9.17, 15) is 17.6 Å². The summed E-state index contributed by atoms with van der Waals surface area (Å²) in [4.78, 5) is 14.4. The number of alkyl halides is 3. The summed E-state index contributed by atoms with van der Waals surface area (Å²) in [6.45, 7) is 3.92. The van der Waals surface area contributed by atoms with Gasteiger partial charge in [-0.15, -0.1) is 0 Å². The van der Waals surface area contributed by atoms with Crippen molar-refractivity contribution in [1.29, 1.82) is 0 Å². The van der Waals surface area contributed by atoms with Crippen LogP contribution in [0.2, 0.25) is 0 Å². The predicted molar refractivity (Wildman–Crippen MR) is 133 cm³/mol. The van der Waals surface area contributed by atoms with Gasteiger partial charge in [-0.2, -0.15) is 13.2 Å². The number of piperidine rings is 1. The van der Waals surface area contributed by atoms with Crippen LogP contribution in [0.15, 0.2) is 30.6 Å². The summed E-state index contributed by atoms with van der Waals surface area (Å²) < 4.78 is 60.1. The number of aromatic nitrogens is 4. The highest BCUT2D eigenvalue weighted by molar-refractivity contribution is 7.96. The van der Waals surface area contributed by atoms with Crippen LogP contribution in [0.5, 0.6) is 0 Å². The lowest BCUT2D eigenvalue weighted by atomic mass is 10.1. The van der Waals surface area contributed by atoms with Crippen molar-refractivity contribution in [3.8, 4) is 17.1 Å². The molecule has 0 saturated carbocycles. The van der Waals surface area contributed by atoms with Crippen molar-refractivity contribution in [1.82, 2.24) is 28.7 Å². The summed E-state index contributed by atoms with van der Waals surface area (Å²) in [5.74, 6) is -0.0268. The van der Waals surface area contributed by atoms with Gasteiger partial charge in [0.25, 0.3) is 0 Å². The number of anilines is 1. The van der Waals surface area contributed by atoms with Gasteiger partial charge in [-0.05, 0) is 57.8 Å². The maximum atomic E-state index is 14.9. The van der Waals surface area contributed by atoms with Gasteiger partial charge in [0.05, 0.1) is 5.69 Å². The number of aryl methyl sites for hydroxylation is 1. The number of rotatable bonds is 7. The monoisotopic (exact) mass is 523 g/mol. The van der Waals surface area contributed by atoms with Crippen LogP contribution in [-0.2, 0) is 12.7 Å². The van der Waals surface area contributed by atoms with Gasteiger partial charge >= 0.3 is 6.18 Å². The van der Waals surface area contributed by atoms with Crippen molar-refractivity contribution in [2.45, 2.75) is 38.5 Å². The molecular weight excluding hydrogens is 494 g/mol. The molecule has 36 heavy (non-hydrogen) atoms. The summed E-state index contributed by atoms with van der Waals surface area (Å²) in [5.41, 5.74) is -0.340. The molecule has 4 rings (SSSR count). The average molecular weight is 524 g/mol. The van der Waals surface area contributed by atoms with Crippen LogP contribution >= 0.6 is 11.9 Å². The summed E-state index contributed by atoms with van der Waals surface area (Å²) in [5, 5.41) is 3.17. The second-order valence-electron chi connectivity index (χ2n) is 9.05. The zero-order valence-corrected chi connectivity index (χ0v) is 21.4. The Morgan fingerprint density at radius 2 is 1.89 bits per heavy atom. The Bertz CT molecular complexity index is 1200. The number of halogens is 4. The lowest BCUT2D eigenvalue weighted by Crippen LogP contribution is -2.35. The van der Waals surface area contributed by atoms with Crippen molar-refractivity contribution in [2.75, 3.05) is 38.8 Å². The highest BCUT2D eigenvalue weighted by atomic mass is 32.2. The van der Waals surface area contributed by atoms with Crippen LogP contribution in [0.4, 0.5) is 23.5 Å². The molecule has 3 aromatic rings. The second kappa shape index (κ2) is 10.7. The van der Waals surface area contributed by atoms with Crippen molar-refractivity contribution >= 4 is 17.9 Å². The number of imidazole rings is 1. The summed E-state index contributed by atoms with van der Waals surface area (Å²) >= 11 is 1.67. The first kappa shape index (κ1) is 26.4. The van der Waals surface area contributed by atoms with Crippen LogP contribution in [-0.4, -0.2) is 68.2 Å². The molecule has 0 amide bonds. The summed E-state index contributed by atoms with van der Waals surface area (Å²) in [6.07, 6.45) is 1.18. The van der Waals surface area contributed by atoms with Gasteiger partial charge in [0.2, 0.25) is 5.95 Å². The third-order valence-electron chi connectivity index (χ3n) is 6.03. The van der Waals surface area contributed by atoms with Gasteiger partial charge < -0.3 is 14.8 Å². The molecular formula is C24H29F4N7S. The van der Waals surface area contributed by atoms with E-state index in [1.165, 1.54) is 16.8 Å². The van der Waals surface area contributed by atoms with E-state index < -0.39 is 17.6 Å². The third-order valence-corrected chi connectivity index (χ3v) is 6.92. The minimum absolute atomic E-state index is 0.000699. The Balaban J connectivity index is 1.66. The molecule has 3 heterocycles. The summed E-state index contributed by atoms with van der Waals surface area (Å²) in [6, 6.07) is 4.87. The highest BCUT2D eigenvalue weighted by Crippen LogP contribution is 2.36. The van der Waals surface area contributed by atoms with E-state index in [2.05, 4.69) is 24.6 Å². The molecule has 1 saturated heterocycles. The van der Waals surface area contributed by atoms with E-state index in [-0.39, 0.29) is 29.1 Å². The van der Waals surface area contributed by atoms with Gasteiger partial charge in [0, 0.05) is 38.1 Å². The first-order valence-corrected chi connectivity index (χ1v) is 12.7. The van der Waals surface area contributed by atoms with E-state index in [0.29, 0.717) is 12.4 Å². The predicted octanol–water partition coefficient (Wildman–Crippen LogP) is 5.01. The third kappa shape index (κ3) is 5.98. The fourth-order valence-corrected chi connectivity index (χ4v) is 4.84. The molecule has 2 aromatic heterocycles. The smallest absolute Gasteiger partial charge is 0.351 e. The Labute approximate surface area is 212 Å². The fourth-order valence-electron chi connectivity index (χ4n) is 4.26. The first-order valence-electron chi connectivity index (χ1n) is 11.5. The average Bonchev–Trinajstić information content (AvgIpc) is 3.20. The molecule has 7 nitrogen and oxygen atoms in total. The van der Waals surface area contributed by atoms with E-state index in [1.807, 2.05) is 25.3 Å². The van der Waals surface area contributed by atoms with E-state index >= 15 is 0 Å². The molecule has 194 valence electrons. The minimum atomic E-state index is -4.67. The van der Waals surface area contributed by atoms with E-state index in [1.54, 1.807) is 31.0 Å². The van der Waals surface area contributed by atoms with Gasteiger partial charge in [0.1, 0.15) is 28.6 Å². The first-order chi connectivity index (χ1) is 17.0. The maximum absolute atomic E-state index is 14.9. The quantitative estimate of drug-likeness (QED) is 0.345. The molecule has 1 N–H and O–H groups in total. The number of hydrogen-bond donors (Lipinski definition) is 1. The minimum Gasteiger partial charge on any atom is -0.351 e. The number of hydrogen-bond acceptors (Lipinski definition) is 7. The Morgan fingerprint density at radius 1 is 1.17 bits per heavy atom. The van der Waals surface area contributed by atoms with Crippen LogP contribution in [0.25, 0.3) is 17.1 Å². The Kier molecular flexibility index (Phi) is 7.86. The molecule has 1 fully saturated rings.